The van der Waals surface area contributed by atoms with E-state index < -0.39 is 6.10 Å². The first kappa shape index (κ1) is 73.5. The first-order chi connectivity index (χ1) is 38.5. The Morgan fingerprint density at radius 1 is 0.269 bits per heavy atom. The smallest absolute Gasteiger partial charge is 0.306 e. The van der Waals surface area contributed by atoms with E-state index in [1.807, 2.05) is 0 Å². The van der Waals surface area contributed by atoms with Gasteiger partial charge in [-0.25, -0.2) is 0 Å². The average Bonchev–Trinajstić information content (AvgIpc) is 3.44. The van der Waals surface area contributed by atoms with Crippen LogP contribution in [0.4, 0.5) is 0 Å². The summed E-state index contributed by atoms with van der Waals surface area (Å²) in [5, 5.41) is 0. The van der Waals surface area contributed by atoms with Gasteiger partial charge in [0.2, 0.25) is 0 Å². The quantitative estimate of drug-likeness (QED) is 0.0261. The Labute approximate surface area is 481 Å². The lowest BCUT2D eigenvalue weighted by Crippen LogP contribution is -2.30. The molecule has 0 rings (SSSR count). The molecule has 0 aromatic heterocycles. The second-order valence-corrected chi connectivity index (χ2v) is 20.9. The van der Waals surface area contributed by atoms with Gasteiger partial charge in [0, 0.05) is 19.3 Å². The molecule has 0 saturated carbocycles. The number of unbranched alkanes of at least 4 members (excludes halogenated alkanes) is 24. The fourth-order valence-corrected chi connectivity index (χ4v) is 8.58. The van der Waals surface area contributed by atoms with Crippen molar-refractivity contribution in [1.82, 2.24) is 0 Å². The van der Waals surface area contributed by atoms with Crippen LogP contribution < -0.4 is 0 Å². The molecular formula is C72H118O6. The Kier molecular flexibility index (Phi) is 61.4. The Balaban J connectivity index is 4.39. The normalized spacial score (nSPS) is 13.0. The molecule has 0 aliphatic heterocycles. The summed E-state index contributed by atoms with van der Waals surface area (Å²) < 4.78 is 16.9. The zero-order valence-corrected chi connectivity index (χ0v) is 50.6. The van der Waals surface area contributed by atoms with Crippen LogP contribution >= 0.6 is 0 Å². The average molecular weight is 1080 g/mol. The van der Waals surface area contributed by atoms with E-state index in [9.17, 15) is 14.4 Å². The molecule has 6 nitrogen and oxygen atoms in total. The van der Waals surface area contributed by atoms with Crippen molar-refractivity contribution in [2.24, 2.45) is 0 Å². The molecule has 0 N–H and O–H groups in total. The van der Waals surface area contributed by atoms with Crippen molar-refractivity contribution in [3.05, 3.63) is 134 Å². The van der Waals surface area contributed by atoms with Crippen molar-refractivity contribution in [1.29, 1.82) is 0 Å². The maximum Gasteiger partial charge on any atom is 0.306 e. The summed E-state index contributed by atoms with van der Waals surface area (Å²) >= 11 is 0. The molecule has 0 bridgehead atoms. The van der Waals surface area contributed by atoms with Crippen molar-refractivity contribution in [2.75, 3.05) is 13.2 Å². The van der Waals surface area contributed by atoms with E-state index in [1.165, 1.54) is 96.3 Å². The monoisotopic (exact) mass is 1080 g/mol. The van der Waals surface area contributed by atoms with Crippen LogP contribution in [0.15, 0.2) is 134 Å². The van der Waals surface area contributed by atoms with Crippen molar-refractivity contribution in [2.45, 2.75) is 290 Å². The zero-order valence-electron chi connectivity index (χ0n) is 50.6. The number of allylic oxidation sites excluding steroid dienone is 22. The van der Waals surface area contributed by atoms with Gasteiger partial charge >= 0.3 is 17.9 Å². The first-order valence-electron chi connectivity index (χ1n) is 32.2. The maximum atomic E-state index is 12.9. The van der Waals surface area contributed by atoms with Gasteiger partial charge in [-0.05, 0) is 122 Å². The summed E-state index contributed by atoms with van der Waals surface area (Å²) in [6.45, 7) is 6.47. The molecule has 0 aliphatic carbocycles. The number of ether oxygens (including phenoxy) is 3. The molecule has 0 saturated heterocycles. The highest BCUT2D eigenvalue weighted by molar-refractivity contribution is 5.71. The summed E-state index contributed by atoms with van der Waals surface area (Å²) in [5.74, 6) is -0.941. The number of carbonyl (C=O) groups excluding carboxylic acids is 3. The largest absolute Gasteiger partial charge is 0.462 e. The van der Waals surface area contributed by atoms with E-state index in [2.05, 4.69) is 154 Å². The maximum absolute atomic E-state index is 12.9. The van der Waals surface area contributed by atoms with Crippen LogP contribution in [-0.4, -0.2) is 37.2 Å². The third kappa shape index (κ3) is 62.4. The molecule has 78 heavy (non-hydrogen) atoms. The first-order valence-corrected chi connectivity index (χ1v) is 32.2. The summed E-state index contributed by atoms with van der Waals surface area (Å²) in [6.07, 6.45) is 91.7. The Hall–Kier alpha value is -4.45. The van der Waals surface area contributed by atoms with Gasteiger partial charge < -0.3 is 14.2 Å². The van der Waals surface area contributed by atoms with Gasteiger partial charge in [-0.3, -0.25) is 14.4 Å². The number of carbonyl (C=O) groups is 3. The molecule has 0 aromatic carbocycles. The van der Waals surface area contributed by atoms with Gasteiger partial charge in [0.1, 0.15) is 13.2 Å². The summed E-state index contributed by atoms with van der Waals surface area (Å²) in [4.78, 5) is 38.3. The second kappa shape index (κ2) is 65.1. The predicted molar refractivity (Wildman–Crippen MR) is 339 cm³/mol. The van der Waals surface area contributed by atoms with Crippen LogP contribution in [0, 0.1) is 0 Å². The molecule has 442 valence electrons. The minimum absolute atomic E-state index is 0.0953. The van der Waals surface area contributed by atoms with E-state index in [4.69, 9.17) is 14.2 Å². The third-order valence-electron chi connectivity index (χ3n) is 13.4. The summed E-state index contributed by atoms with van der Waals surface area (Å²) in [6, 6.07) is 0. The van der Waals surface area contributed by atoms with Crippen LogP contribution in [0.1, 0.15) is 284 Å². The van der Waals surface area contributed by atoms with E-state index in [1.54, 1.807) is 0 Å². The molecule has 0 aliphatic rings. The van der Waals surface area contributed by atoms with Crippen molar-refractivity contribution >= 4 is 17.9 Å². The molecule has 0 radical (unpaired) electrons. The number of hydrogen-bond donors (Lipinski definition) is 0. The summed E-state index contributed by atoms with van der Waals surface area (Å²) in [5.41, 5.74) is 0. The molecule has 0 fully saturated rings. The highest BCUT2D eigenvalue weighted by Gasteiger charge is 2.19. The van der Waals surface area contributed by atoms with E-state index >= 15 is 0 Å². The van der Waals surface area contributed by atoms with Crippen LogP contribution in [0.5, 0.6) is 0 Å². The number of hydrogen-bond acceptors (Lipinski definition) is 6. The summed E-state index contributed by atoms with van der Waals surface area (Å²) in [7, 11) is 0. The van der Waals surface area contributed by atoms with Gasteiger partial charge in [0.25, 0.3) is 0 Å². The SMILES string of the molecule is CC/C=C\C/C=C\C/C=C\C/C=C\C/C=C\C/C=C\C/C=C\C/C=C\C/C=C\CCCCCC(=O)OCC(COC(=O)CCCCCCCCCCCCCCCC)OC(=O)CCCCCCC/C=C\C/C=C\CCCCC. The molecule has 0 heterocycles. The highest BCUT2D eigenvalue weighted by atomic mass is 16.6. The molecule has 1 atom stereocenters. The molecule has 6 heteroatoms. The van der Waals surface area contributed by atoms with Crippen molar-refractivity contribution in [3.63, 3.8) is 0 Å². The van der Waals surface area contributed by atoms with Gasteiger partial charge in [-0.1, -0.05) is 276 Å². The lowest BCUT2D eigenvalue weighted by atomic mass is 10.0. The van der Waals surface area contributed by atoms with Crippen LogP contribution in [0.2, 0.25) is 0 Å². The third-order valence-corrected chi connectivity index (χ3v) is 13.4. The number of rotatable bonds is 57. The van der Waals surface area contributed by atoms with E-state index in [-0.39, 0.29) is 31.1 Å². The van der Waals surface area contributed by atoms with Gasteiger partial charge in [-0.2, -0.15) is 0 Å². The van der Waals surface area contributed by atoms with Crippen LogP contribution in [0.25, 0.3) is 0 Å². The van der Waals surface area contributed by atoms with Crippen LogP contribution in [-0.2, 0) is 28.6 Å². The highest BCUT2D eigenvalue weighted by Crippen LogP contribution is 2.15. The van der Waals surface area contributed by atoms with Gasteiger partial charge in [0.05, 0.1) is 0 Å². The minimum atomic E-state index is -0.803. The number of esters is 3. The standard InChI is InChI=1S/C72H118O6/c1-4-7-10-13-16-19-22-25-28-29-30-31-32-33-34-35-36-37-38-39-40-41-42-43-45-47-50-53-56-59-62-65-71(74)77-68-69(67-76-70(73)64-61-58-55-52-49-46-27-24-21-18-15-12-9-6-3)78-72(75)66-63-60-57-54-51-48-44-26-23-20-17-14-11-8-5-2/h7,10,16-17,19-20,25-26,28,30-31,33-34,36-37,39-40,42-44,47,50,69H,4-6,8-9,11-15,18,21-24,27,29,32,35,38,41,45-46,48-49,51-68H2,1-3H3/b10-7-,19-16-,20-17-,28-25-,31-30-,34-33-,37-36-,40-39-,43-42-,44-26-,50-47-. The lowest BCUT2D eigenvalue weighted by molar-refractivity contribution is -0.167. The van der Waals surface area contributed by atoms with Gasteiger partial charge in [0.15, 0.2) is 6.10 Å². The zero-order chi connectivity index (χ0) is 56.4. The lowest BCUT2D eigenvalue weighted by Gasteiger charge is -2.18. The Morgan fingerprint density at radius 3 is 0.821 bits per heavy atom. The molecule has 1 unspecified atom stereocenters. The van der Waals surface area contributed by atoms with Crippen molar-refractivity contribution < 1.29 is 28.6 Å². The van der Waals surface area contributed by atoms with E-state index in [0.29, 0.717) is 19.3 Å². The van der Waals surface area contributed by atoms with Crippen LogP contribution in [0.3, 0.4) is 0 Å². The molecule has 0 amide bonds. The predicted octanol–water partition coefficient (Wildman–Crippen LogP) is 22.2. The fraction of sp³-hybridized carbons (Fsp3) is 0.653. The Morgan fingerprint density at radius 2 is 0.500 bits per heavy atom. The fourth-order valence-electron chi connectivity index (χ4n) is 8.58. The second-order valence-electron chi connectivity index (χ2n) is 20.9. The Bertz CT molecular complexity index is 1670. The molecule has 0 spiro atoms. The molecule has 0 aromatic rings. The topological polar surface area (TPSA) is 78.9 Å². The van der Waals surface area contributed by atoms with Crippen molar-refractivity contribution in [3.8, 4) is 0 Å². The van der Waals surface area contributed by atoms with Gasteiger partial charge in [-0.15, -0.1) is 0 Å². The molecular weight excluding hydrogens is 961 g/mol. The minimum Gasteiger partial charge on any atom is -0.462 e. The van der Waals surface area contributed by atoms with E-state index in [0.717, 1.165) is 148 Å².